The van der Waals surface area contributed by atoms with E-state index in [1.807, 2.05) is 13.0 Å². The highest BCUT2D eigenvalue weighted by Crippen LogP contribution is 2.31. The smallest absolute Gasteiger partial charge is 0.256 e. The standard InChI is InChI=1S/C23H28F3N9/c1-4-33-9-8-17(15(24)11-33)30-23-31-21(27-3)20-14(7-10-35(20)32-23)16-5-6-18-22(29-16)34(12-19(25)26)13(2)28-18/h5-7,10,15,17,19H,4,8-9,11-12H2,1-3H3,(H2,27,30,31,32)/t15-,17+/m1/s1. The lowest BCUT2D eigenvalue weighted by molar-refractivity contribution is 0.127. The molecule has 0 aromatic carbocycles. The van der Waals surface area contributed by atoms with E-state index in [9.17, 15) is 13.2 Å². The van der Waals surface area contributed by atoms with E-state index < -0.39 is 19.1 Å². The van der Waals surface area contributed by atoms with Gasteiger partial charge in [-0.05, 0) is 38.1 Å². The molecule has 2 N–H and O–H groups in total. The van der Waals surface area contributed by atoms with Gasteiger partial charge in [-0.25, -0.2) is 27.7 Å². The van der Waals surface area contributed by atoms with Crippen molar-refractivity contribution in [2.45, 2.75) is 45.5 Å². The second-order valence-corrected chi connectivity index (χ2v) is 8.71. The first kappa shape index (κ1) is 23.3. The third-order valence-corrected chi connectivity index (χ3v) is 6.51. The Kier molecular flexibility index (Phi) is 6.22. The van der Waals surface area contributed by atoms with Crippen LogP contribution >= 0.6 is 0 Å². The van der Waals surface area contributed by atoms with Crippen molar-refractivity contribution in [1.29, 1.82) is 0 Å². The van der Waals surface area contributed by atoms with Crippen LogP contribution in [0, 0.1) is 6.92 Å². The molecule has 0 aliphatic carbocycles. The Labute approximate surface area is 200 Å². The molecule has 4 aromatic rings. The predicted molar refractivity (Wildman–Crippen MR) is 129 cm³/mol. The first-order chi connectivity index (χ1) is 16.9. The SMILES string of the molecule is CCN1CC[C@H](Nc2nc(NC)c3c(-c4ccc5nc(C)n(CC(F)F)c5n4)ccn3n2)[C@H](F)C1. The van der Waals surface area contributed by atoms with Gasteiger partial charge in [-0.15, -0.1) is 5.10 Å². The van der Waals surface area contributed by atoms with E-state index in [2.05, 4.69) is 35.6 Å². The summed E-state index contributed by atoms with van der Waals surface area (Å²) in [5, 5.41) is 10.8. The van der Waals surface area contributed by atoms with Gasteiger partial charge in [0, 0.05) is 31.9 Å². The number of fused-ring (bicyclic) bond motifs is 2. The second-order valence-electron chi connectivity index (χ2n) is 8.71. The van der Waals surface area contributed by atoms with Crippen molar-refractivity contribution < 1.29 is 13.2 Å². The Morgan fingerprint density at radius 2 is 2.00 bits per heavy atom. The van der Waals surface area contributed by atoms with Gasteiger partial charge in [-0.3, -0.25) is 0 Å². The lowest BCUT2D eigenvalue weighted by Crippen LogP contribution is -2.47. The second kappa shape index (κ2) is 9.33. The number of alkyl halides is 3. The van der Waals surface area contributed by atoms with Gasteiger partial charge in [0.05, 0.1) is 18.3 Å². The van der Waals surface area contributed by atoms with Crippen LogP contribution < -0.4 is 10.6 Å². The summed E-state index contributed by atoms with van der Waals surface area (Å²) in [7, 11) is 1.75. The molecule has 0 unspecified atom stereocenters. The van der Waals surface area contributed by atoms with Gasteiger partial charge in [0.25, 0.3) is 6.43 Å². The number of rotatable bonds is 7. The first-order valence-electron chi connectivity index (χ1n) is 11.7. The lowest BCUT2D eigenvalue weighted by Gasteiger charge is -2.34. The minimum absolute atomic E-state index is 0.329. The maximum absolute atomic E-state index is 14.7. The minimum Gasteiger partial charge on any atom is -0.371 e. The van der Waals surface area contributed by atoms with E-state index in [1.54, 1.807) is 36.8 Å². The van der Waals surface area contributed by atoms with Gasteiger partial charge in [-0.1, -0.05) is 6.92 Å². The number of anilines is 2. The summed E-state index contributed by atoms with van der Waals surface area (Å²) in [6.45, 7) is 5.28. The van der Waals surface area contributed by atoms with Crippen LogP contribution in [0.4, 0.5) is 24.9 Å². The zero-order chi connectivity index (χ0) is 24.7. The molecule has 0 radical (unpaired) electrons. The van der Waals surface area contributed by atoms with Crippen LogP contribution in [-0.2, 0) is 6.54 Å². The number of halogens is 3. The molecule has 9 nitrogen and oxygen atoms in total. The van der Waals surface area contributed by atoms with E-state index in [1.165, 1.54) is 4.57 Å². The van der Waals surface area contributed by atoms with Gasteiger partial charge in [0.2, 0.25) is 5.95 Å². The monoisotopic (exact) mass is 487 g/mol. The maximum Gasteiger partial charge on any atom is 0.256 e. The summed E-state index contributed by atoms with van der Waals surface area (Å²) < 4.78 is 44.0. The van der Waals surface area contributed by atoms with Crippen molar-refractivity contribution in [2.75, 3.05) is 37.3 Å². The van der Waals surface area contributed by atoms with E-state index in [0.717, 1.165) is 18.7 Å². The van der Waals surface area contributed by atoms with Crippen molar-refractivity contribution in [1.82, 2.24) is 34.0 Å². The third-order valence-electron chi connectivity index (χ3n) is 6.51. The van der Waals surface area contributed by atoms with E-state index in [4.69, 9.17) is 0 Å². The highest BCUT2D eigenvalue weighted by molar-refractivity contribution is 5.89. The lowest BCUT2D eigenvalue weighted by atomic mass is 10.0. The van der Waals surface area contributed by atoms with Crippen LogP contribution in [0.25, 0.3) is 27.9 Å². The van der Waals surface area contributed by atoms with Gasteiger partial charge in [0.15, 0.2) is 11.5 Å². The van der Waals surface area contributed by atoms with E-state index in [0.29, 0.717) is 52.9 Å². The van der Waals surface area contributed by atoms with Gasteiger partial charge in [-0.2, -0.15) is 4.98 Å². The fourth-order valence-electron chi connectivity index (χ4n) is 4.67. The average Bonchev–Trinajstić information content (AvgIpc) is 3.40. The molecule has 0 spiro atoms. The molecular formula is C23H28F3N9. The fourth-order valence-corrected chi connectivity index (χ4v) is 4.67. The number of pyridine rings is 1. The summed E-state index contributed by atoms with van der Waals surface area (Å²) in [6, 6.07) is 5.06. The molecule has 35 heavy (non-hydrogen) atoms. The predicted octanol–water partition coefficient (Wildman–Crippen LogP) is 3.60. The normalized spacial score (nSPS) is 19.2. The molecule has 1 fully saturated rings. The largest absolute Gasteiger partial charge is 0.371 e. The molecule has 0 amide bonds. The average molecular weight is 488 g/mol. The number of imidazole rings is 1. The summed E-state index contributed by atoms with van der Waals surface area (Å²) in [6.07, 6.45) is -1.09. The Morgan fingerprint density at radius 1 is 1.17 bits per heavy atom. The topological polar surface area (TPSA) is 88.2 Å². The van der Waals surface area contributed by atoms with Crippen molar-refractivity contribution in [3.05, 3.63) is 30.2 Å². The molecule has 5 rings (SSSR count). The molecule has 2 atom stereocenters. The van der Waals surface area contributed by atoms with Crippen LogP contribution in [0.5, 0.6) is 0 Å². The molecule has 0 bridgehead atoms. The molecular weight excluding hydrogens is 459 g/mol. The number of aromatic nitrogens is 6. The summed E-state index contributed by atoms with van der Waals surface area (Å²) in [5.41, 5.74) is 2.97. The number of nitrogens with zero attached hydrogens (tertiary/aromatic N) is 7. The molecule has 5 heterocycles. The highest BCUT2D eigenvalue weighted by Gasteiger charge is 2.29. The van der Waals surface area contributed by atoms with Crippen LogP contribution in [0.1, 0.15) is 19.2 Å². The number of likely N-dealkylation sites (tertiary alicyclic amines) is 1. The van der Waals surface area contributed by atoms with Crippen molar-refractivity contribution in [2.24, 2.45) is 0 Å². The zero-order valence-corrected chi connectivity index (χ0v) is 19.8. The van der Waals surface area contributed by atoms with E-state index in [-0.39, 0.29) is 6.04 Å². The van der Waals surface area contributed by atoms with Crippen LogP contribution in [0.3, 0.4) is 0 Å². The Bertz CT molecular complexity index is 1350. The van der Waals surface area contributed by atoms with Crippen LogP contribution in [0.15, 0.2) is 24.4 Å². The molecule has 12 heteroatoms. The summed E-state index contributed by atoms with van der Waals surface area (Å²) in [4.78, 5) is 15.7. The molecule has 1 aliphatic heterocycles. The first-order valence-corrected chi connectivity index (χ1v) is 11.7. The molecule has 1 aliphatic rings. The number of nitrogens with one attached hydrogen (secondary N) is 2. The Morgan fingerprint density at radius 3 is 2.71 bits per heavy atom. The van der Waals surface area contributed by atoms with E-state index >= 15 is 0 Å². The highest BCUT2D eigenvalue weighted by atomic mass is 19.3. The number of aryl methyl sites for hydroxylation is 1. The molecule has 186 valence electrons. The van der Waals surface area contributed by atoms with Crippen molar-refractivity contribution in [3.8, 4) is 11.3 Å². The minimum atomic E-state index is -2.51. The van der Waals surface area contributed by atoms with Crippen molar-refractivity contribution >= 4 is 28.4 Å². The van der Waals surface area contributed by atoms with Gasteiger partial charge in [0.1, 0.15) is 23.0 Å². The van der Waals surface area contributed by atoms with Crippen LogP contribution in [0.2, 0.25) is 0 Å². The summed E-state index contributed by atoms with van der Waals surface area (Å²) in [5.74, 6) is 1.36. The maximum atomic E-state index is 14.7. The number of hydrogen-bond donors (Lipinski definition) is 2. The van der Waals surface area contributed by atoms with Crippen LogP contribution in [-0.4, -0.2) is 79.4 Å². The summed E-state index contributed by atoms with van der Waals surface area (Å²) >= 11 is 0. The zero-order valence-electron chi connectivity index (χ0n) is 19.8. The molecule has 1 saturated heterocycles. The molecule has 4 aromatic heterocycles. The third kappa shape index (κ3) is 4.38. The molecule has 0 saturated carbocycles. The van der Waals surface area contributed by atoms with Crippen molar-refractivity contribution in [3.63, 3.8) is 0 Å². The Balaban J connectivity index is 1.50. The fraction of sp³-hybridized carbons (Fsp3) is 0.478. The number of piperidine rings is 1. The number of hydrogen-bond acceptors (Lipinski definition) is 7. The quantitative estimate of drug-likeness (QED) is 0.412. The van der Waals surface area contributed by atoms with Gasteiger partial charge >= 0.3 is 0 Å². The Hall–Kier alpha value is -3.41. The van der Waals surface area contributed by atoms with Gasteiger partial charge < -0.3 is 20.1 Å².